The number of carbonyl (C=O) groups excluding carboxylic acids is 2. The Morgan fingerprint density at radius 1 is 1.09 bits per heavy atom. The van der Waals surface area contributed by atoms with Crippen LogP contribution < -0.4 is 5.73 Å². The molecule has 2 aromatic carbocycles. The first-order valence-corrected chi connectivity index (χ1v) is 7.87. The molecule has 0 radical (unpaired) electrons. The van der Waals surface area contributed by atoms with Crippen molar-refractivity contribution in [3.05, 3.63) is 70.2 Å². The maximum Gasteiger partial charge on any atom is 0.254 e. The molecule has 2 N–H and O–H groups in total. The Labute approximate surface area is 139 Å². The highest BCUT2D eigenvalue weighted by Gasteiger charge is 2.33. The number of primary amides is 1. The van der Waals surface area contributed by atoms with Gasteiger partial charge in [0.15, 0.2) is 0 Å². The molecule has 1 fully saturated rings. The minimum absolute atomic E-state index is 0.0195. The van der Waals surface area contributed by atoms with E-state index in [-0.39, 0.29) is 11.9 Å². The molecule has 0 saturated heterocycles. The minimum atomic E-state index is -0.453. The van der Waals surface area contributed by atoms with Crippen LogP contribution in [0.1, 0.15) is 39.1 Å². The van der Waals surface area contributed by atoms with Crippen molar-refractivity contribution < 1.29 is 9.59 Å². The number of amides is 2. The van der Waals surface area contributed by atoms with Gasteiger partial charge < -0.3 is 10.6 Å². The van der Waals surface area contributed by atoms with Crippen LogP contribution in [0.15, 0.2) is 48.5 Å². The van der Waals surface area contributed by atoms with Crippen LogP contribution in [0.25, 0.3) is 0 Å². The quantitative estimate of drug-likeness (QED) is 0.915. The second-order valence-electron chi connectivity index (χ2n) is 5.74. The van der Waals surface area contributed by atoms with Crippen molar-refractivity contribution >= 4 is 23.4 Å². The smallest absolute Gasteiger partial charge is 0.254 e. The largest absolute Gasteiger partial charge is 0.366 e. The second kappa shape index (κ2) is 6.42. The van der Waals surface area contributed by atoms with Gasteiger partial charge in [-0.1, -0.05) is 29.8 Å². The first-order chi connectivity index (χ1) is 11.0. The monoisotopic (exact) mass is 328 g/mol. The SMILES string of the molecule is NC(=O)c1ccc(CN(C(=O)c2cccc(Cl)c2)C2CC2)cc1. The maximum atomic E-state index is 12.8. The molecule has 1 saturated carbocycles. The predicted molar refractivity (Wildman–Crippen MR) is 89.3 cm³/mol. The summed E-state index contributed by atoms with van der Waals surface area (Å²) < 4.78 is 0. The summed E-state index contributed by atoms with van der Waals surface area (Å²) in [4.78, 5) is 25.7. The number of nitrogens with zero attached hydrogens (tertiary/aromatic N) is 1. The first-order valence-electron chi connectivity index (χ1n) is 7.50. The van der Waals surface area contributed by atoms with E-state index in [1.54, 1.807) is 36.4 Å². The number of hydrogen-bond acceptors (Lipinski definition) is 2. The van der Waals surface area contributed by atoms with Gasteiger partial charge in [-0.3, -0.25) is 9.59 Å². The van der Waals surface area contributed by atoms with Crippen LogP contribution in [-0.4, -0.2) is 22.8 Å². The van der Waals surface area contributed by atoms with E-state index in [1.165, 1.54) is 0 Å². The summed E-state index contributed by atoms with van der Waals surface area (Å²) >= 11 is 5.98. The number of nitrogens with two attached hydrogens (primary N) is 1. The zero-order valence-corrected chi connectivity index (χ0v) is 13.3. The van der Waals surface area contributed by atoms with Gasteiger partial charge in [0, 0.05) is 28.7 Å². The molecular weight excluding hydrogens is 312 g/mol. The molecule has 3 rings (SSSR count). The van der Waals surface area contributed by atoms with Gasteiger partial charge in [-0.15, -0.1) is 0 Å². The van der Waals surface area contributed by atoms with Gasteiger partial charge in [0.2, 0.25) is 5.91 Å². The van der Waals surface area contributed by atoms with E-state index < -0.39 is 5.91 Å². The van der Waals surface area contributed by atoms with Crippen molar-refractivity contribution in [1.29, 1.82) is 0 Å². The zero-order chi connectivity index (χ0) is 16.4. The van der Waals surface area contributed by atoms with E-state index in [9.17, 15) is 9.59 Å². The van der Waals surface area contributed by atoms with Gasteiger partial charge in [-0.05, 0) is 48.7 Å². The Morgan fingerprint density at radius 3 is 2.35 bits per heavy atom. The predicted octanol–water partition coefficient (Wildman–Crippen LogP) is 3.24. The summed E-state index contributed by atoms with van der Waals surface area (Å²) in [5.41, 5.74) is 7.28. The third kappa shape index (κ3) is 3.71. The molecule has 2 amide bonds. The van der Waals surface area contributed by atoms with E-state index in [1.807, 2.05) is 17.0 Å². The topological polar surface area (TPSA) is 63.4 Å². The molecule has 0 spiro atoms. The number of benzene rings is 2. The van der Waals surface area contributed by atoms with Crippen LogP contribution in [0, 0.1) is 0 Å². The molecule has 0 bridgehead atoms. The number of rotatable bonds is 5. The summed E-state index contributed by atoms with van der Waals surface area (Å²) in [6.07, 6.45) is 2.04. The molecule has 0 atom stereocenters. The standard InChI is InChI=1S/C18H17ClN2O2/c19-15-3-1-2-14(10-15)18(23)21(16-8-9-16)11-12-4-6-13(7-5-12)17(20)22/h1-7,10,16H,8-9,11H2,(H2,20,22). The van der Waals surface area contributed by atoms with E-state index in [0.29, 0.717) is 22.7 Å². The highest BCUT2D eigenvalue weighted by Crippen LogP contribution is 2.30. The fourth-order valence-corrected chi connectivity index (χ4v) is 2.70. The lowest BCUT2D eigenvalue weighted by Crippen LogP contribution is -2.32. The molecule has 4 nitrogen and oxygen atoms in total. The van der Waals surface area contributed by atoms with Gasteiger partial charge in [-0.25, -0.2) is 0 Å². The zero-order valence-electron chi connectivity index (χ0n) is 12.5. The van der Waals surface area contributed by atoms with Gasteiger partial charge in [0.1, 0.15) is 0 Å². The lowest BCUT2D eigenvalue weighted by atomic mass is 10.1. The van der Waals surface area contributed by atoms with Crippen LogP contribution in [0.3, 0.4) is 0 Å². The van der Waals surface area contributed by atoms with Crippen LogP contribution in [0.5, 0.6) is 0 Å². The van der Waals surface area contributed by atoms with Gasteiger partial charge >= 0.3 is 0 Å². The van der Waals surface area contributed by atoms with Gasteiger partial charge in [0.05, 0.1) is 0 Å². The summed E-state index contributed by atoms with van der Waals surface area (Å²) in [5.74, 6) is -0.473. The Hall–Kier alpha value is -2.33. The summed E-state index contributed by atoms with van der Waals surface area (Å²) in [6, 6.07) is 14.3. The van der Waals surface area contributed by atoms with Crippen LogP contribution in [-0.2, 0) is 6.54 Å². The lowest BCUT2D eigenvalue weighted by molar-refractivity contribution is 0.0729. The van der Waals surface area contributed by atoms with Crippen molar-refractivity contribution in [2.75, 3.05) is 0 Å². The highest BCUT2D eigenvalue weighted by atomic mass is 35.5. The summed E-state index contributed by atoms with van der Waals surface area (Å²) in [6.45, 7) is 0.509. The van der Waals surface area contributed by atoms with Crippen molar-refractivity contribution in [3.63, 3.8) is 0 Å². The fourth-order valence-electron chi connectivity index (χ4n) is 2.51. The molecule has 5 heteroatoms. The first kappa shape index (κ1) is 15.6. The molecule has 118 valence electrons. The Bertz CT molecular complexity index is 739. The molecule has 0 heterocycles. The van der Waals surface area contributed by atoms with Gasteiger partial charge in [0.25, 0.3) is 5.91 Å². The number of carbonyl (C=O) groups is 2. The minimum Gasteiger partial charge on any atom is -0.366 e. The fraction of sp³-hybridized carbons (Fsp3) is 0.222. The second-order valence-corrected chi connectivity index (χ2v) is 6.17. The third-order valence-corrected chi connectivity index (χ3v) is 4.15. The van der Waals surface area contributed by atoms with E-state index >= 15 is 0 Å². The molecule has 0 unspecified atom stereocenters. The Kier molecular flexibility index (Phi) is 4.35. The Balaban J connectivity index is 1.79. The molecule has 1 aliphatic carbocycles. The maximum absolute atomic E-state index is 12.8. The molecule has 0 aromatic heterocycles. The van der Waals surface area contributed by atoms with E-state index in [4.69, 9.17) is 17.3 Å². The summed E-state index contributed by atoms with van der Waals surface area (Å²) in [5, 5.41) is 0.553. The van der Waals surface area contributed by atoms with Crippen LogP contribution in [0.2, 0.25) is 5.02 Å². The van der Waals surface area contributed by atoms with E-state index in [0.717, 1.165) is 18.4 Å². The molecule has 0 aliphatic heterocycles. The van der Waals surface area contributed by atoms with Crippen molar-refractivity contribution in [1.82, 2.24) is 4.90 Å². The molecule has 23 heavy (non-hydrogen) atoms. The van der Waals surface area contributed by atoms with Gasteiger partial charge in [-0.2, -0.15) is 0 Å². The Morgan fingerprint density at radius 2 is 1.78 bits per heavy atom. The molecular formula is C18H17ClN2O2. The highest BCUT2D eigenvalue weighted by molar-refractivity contribution is 6.30. The van der Waals surface area contributed by atoms with E-state index in [2.05, 4.69) is 0 Å². The van der Waals surface area contributed by atoms with Crippen molar-refractivity contribution in [2.45, 2.75) is 25.4 Å². The lowest BCUT2D eigenvalue weighted by Gasteiger charge is -2.23. The van der Waals surface area contributed by atoms with Crippen molar-refractivity contribution in [2.24, 2.45) is 5.73 Å². The van der Waals surface area contributed by atoms with Crippen molar-refractivity contribution in [3.8, 4) is 0 Å². The third-order valence-electron chi connectivity index (χ3n) is 3.91. The normalized spacial score (nSPS) is 13.6. The van der Waals surface area contributed by atoms with Crippen LogP contribution >= 0.6 is 11.6 Å². The summed E-state index contributed by atoms with van der Waals surface area (Å²) in [7, 11) is 0. The van der Waals surface area contributed by atoms with Crippen LogP contribution in [0.4, 0.5) is 0 Å². The average Bonchev–Trinajstić information content (AvgIpc) is 3.37. The average molecular weight is 329 g/mol. The number of halogens is 1. The molecule has 2 aromatic rings. The molecule has 1 aliphatic rings. The number of hydrogen-bond donors (Lipinski definition) is 1.